The fourth-order valence-corrected chi connectivity index (χ4v) is 2.03. The summed E-state index contributed by atoms with van der Waals surface area (Å²) in [5.74, 6) is -0.962. The summed E-state index contributed by atoms with van der Waals surface area (Å²) < 4.78 is 1.61. The van der Waals surface area contributed by atoms with Gasteiger partial charge >= 0.3 is 5.97 Å². The summed E-state index contributed by atoms with van der Waals surface area (Å²) in [4.78, 5) is 15.1. The molecule has 6 nitrogen and oxygen atoms in total. The number of rotatable bonds is 3. The van der Waals surface area contributed by atoms with Gasteiger partial charge in [-0.1, -0.05) is 11.3 Å². The number of benzene rings is 1. The van der Waals surface area contributed by atoms with Crippen LogP contribution in [0.1, 0.15) is 15.9 Å². The van der Waals surface area contributed by atoms with Gasteiger partial charge < -0.3 is 5.11 Å². The number of carboxylic acid groups (broad SMARTS) is 1. The summed E-state index contributed by atoms with van der Waals surface area (Å²) in [6.45, 7) is 1.91. The number of hydrogen-bond acceptors (Lipinski definition) is 4. The van der Waals surface area contributed by atoms with Crippen LogP contribution in [-0.4, -0.2) is 31.1 Å². The quantitative estimate of drug-likeness (QED) is 0.796. The number of nitrogens with zero attached hydrogens (tertiary/aromatic N) is 4. The molecule has 0 radical (unpaired) electrons. The van der Waals surface area contributed by atoms with Crippen LogP contribution >= 0.6 is 0 Å². The molecule has 0 saturated carbocycles. The molecular weight excluding hydrogens is 268 g/mol. The largest absolute Gasteiger partial charge is 0.478 e. The van der Waals surface area contributed by atoms with Crippen molar-refractivity contribution in [2.24, 2.45) is 0 Å². The van der Waals surface area contributed by atoms with Crippen LogP contribution < -0.4 is 0 Å². The number of pyridine rings is 1. The molecule has 0 atom stereocenters. The zero-order valence-corrected chi connectivity index (χ0v) is 11.3. The second-order valence-corrected chi connectivity index (χ2v) is 4.59. The van der Waals surface area contributed by atoms with E-state index in [4.69, 9.17) is 5.11 Å². The lowest BCUT2D eigenvalue weighted by molar-refractivity contribution is 0.0697. The Balaban J connectivity index is 2.04. The van der Waals surface area contributed by atoms with E-state index in [9.17, 15) is 4.79 Å². The second-order valence-electron chi connectivity index (χ2n) is 4.59. The maximum absolute atomic E-state index is 11.1. The molecule has 21 heavy (non-hydrogen) atoms. The van der Waals surface area contributed by atoms with Crippen molar-refractivity contribution in [1.29, 1.82) is 0 Å². The zero-order valence-electron chi connectivity index (χ0n) is 11.3. The van der Waals surface area contributed by atoms with Gasteiger partial charge in [0, 0.05) is 11.8 Å². The third-order valence-corrected chi connectivity index (χ3v) is 3.16. The topological polar surface area (TPSA) is 80.9 Å². The van der Waals surface area contributed by atoms with Gasteiger partial charge in [-0.15, -0.1) is 5.10 Å². The summed E-state index contributed by atoms with van der Waals surface area (Å²) in [6.07, 6.45) is 5.12. The molecule has 6 heteroatoms. The Morgan fingerprint density at radius 3 is 2.86 bits per heavy atom. The van der Waals surface area contributed by atoms with Gasteiger partial charge in [0.25, 0.3) is 0 Å². The molecule has 1 N–H and O–H groups in total. The van der Waals surface area contributed by atoms with Crippen molar-refractivity contribution in [3.8, 4) is 16.9 Å². The standard InChI is InChI=1S/C15H12N4O2/c1-10-4-5-11(15(20)21)7-13(10)14-9-19(18-17-14)12-3-2-6-16-8-12/h2-9H,1H3,(H,20,21). The Kier molecular flexibility index (Phi) is 3.19. The molecular formula is C15H12N4O2. The first-order chi connectivity index (χ1) is 10.1. The van der Waals surface area contributed by atoms with Crippen LogP contribution in [0.3, 0.4) is 0 Å². The molecule has 3 rings (SSSR count). The van der Waals surface area contributed by atoms with Crippen LogP contribution in [0.25, 0.3) is 16.9 Å². The summed E-state index contributed by atoms with van der Waals surface area (Å²) in [5.41, 5.74) is 3.34. The third kappa shape index (κ3) is 2.51. The second kappa shape index (κ2) is 5.16. The van der Waals surface area contributed by atoms with Crippen LogP contribution in [-0.2, 0) is 0 Å². The predicted molar refractivity (Wildman–Crippen MR) is 76.3 cm³/mol. The van der Waals surface area contributed by atoms with E-state index in [1.165, 1.54) is 0 Å². The molecule has 0 aliphatic heterocycles. The van der Waals surface area contributed by atoms with E-state index in [-0.39, 0.29) is 5.56 Å². The highest BCUT2D eigenvalue weighted by Crippen LogP contribution is 2.23. The van der Waals surface area contributed by atoms with Gasteiger partial charge in [0.1, 0.15) is 5.69 Å². The smallest absolute Gasteiger partial charge is 0.335 e. The Bertz CT molecular complexity index is 796. The van der Waals surface area contributed by atoms with Crippen LogP contribution in [0.5, 0.6) is 0 Å². The summed E-state index contributed by atoms with van der Waals surface area (Å²) in [5, 5.41) is 17.3. The lowest BCUT2D eigenvalue weighted by Gasteiger charge is -2.03. The van der Waals surface area contributed by atoms with Crippen molar-refractivity contribution in [3.63, 3.8) is 0 Å². The molecule has 0 unspecified atom stereocenters. The number of hydrogen-bond donors (Lipinski definition) is 1. The minimum atomic E-state index is -0.962. The summed E-state index contributed by atoms with van der Waals surface area (Å²) in [7, 11) is 0. The van der Waals surface area contributed by atoms with Crippen molar-refractivity contribution >= 4 is 5.97 Å². The zero-order chi connectivity index (χ0) is 14.8. The Hall–Kier alpha value is -3.02. The van der Waals surface area contributed by atoms with E-state index in [0.29, 0.717) is 5.69 Å². The maximum atomic E-state index is 11.1. The molecule has 0 fully saturated rings. The van der Waals surface area contributed by atoms with E-state index in [1.54, 1.807) is 41.5 Å². The van der Waals surface area contributed by atoms with Gasteiger partial charge in [-0.05, 0) is 36.8 Å². The van der Waals surface area contributed by atoms with Crippen molar-refractivity contribution in [2.45, 2.75) is 6.92 Å². The van der Waals surface area contributed by atoms with E-state index in [1.807, 2.05) is 19.1 Å². The average molecular weight is 280 g/mol. The molecule has 0 saturated heterocycles. The summed E-state index contributed by atoms with van der Waals surface area (Å²) in [6, 6.07) is 8.63. The van der Waals surface area contributed by atoms with Crippen LogP contribution in [0.2, 0.25) is 0 Å². The monoisotopic (exact) mass is 280 g/mol. The fourth-order valence-electron chi connectivity index (χ4n) is 2.03. The molecule has 0 amide bonds. The molecule has 3 aromatic rings. The molecule has 2 aromatic heterocycles. The van der Waals surface area contributed by atoms with E-state index < -0.39 is 5.97 Å². The molecule has 0 aliphatic carbocycles. The first kappa shape index (κ1) is 13.0. The van der Waals surface area contributed by atoms with Gasteiger partial charge in [-0.25, -0.2) is 9.48 Å². The predicted octanol–water partition coefficient (Wildman–Crippen LogP) is 2.34. The van der Waals surface area contributed by atoms with Gasteiger partial charge in [0.05, 0.1) is 23.6 Å². The third-order valence-electron chi connectivity index (χ3n) is 3.16. The van der Waals surface area contributed by atoms with Gasteiger partial charge in [-0.3, -0.25) is 4.98 Å². The number of aromatic carboxylic acids is 1. The van der Waals surface area contributed by atoms with E-state index in [2.05, 4.69) is 15.3 Å². The SMILES string of the molecule is Cc1ccc(C(=O)O)cc1-c1cn(-c2cccnc2)nn1. The molecule has 0 aliphatic rings. The van der Waals surface area contributed by atoms with Gasteiger partial charge in [0.15, 0.2) is 0 Å². The summed E-state index contributed by atoms with van der Waals surface area (Å²) >= 11 is 0. The maximum Gasteiger partial charge on any atom is 0.335 e. The van der Waals surface area contributed by atoms with Crippen molar-refractivity contribution < 1.29 is 9.90 Å². The highest BCUT2D eigenvalue weighted by molar-refractivity contribution is 5.89. The van der Waals surface area contributed by atoms with Crippen LogP contribution in [0, 0.1) is 6.92 Å². The first-order valence-electron chi connectivity index (χ1n) is 6.32. The van der Waals surface area contributed by atoms with Crippen LogP contribution in [0.4, 0.5) is 0 Å². The van der Waals surface area contributed by atoms with Crippen molar-refractivity contribution in [3.05, 3.63) is 60.0 Å². The number of carboxylic acids is 1. The molecule has 2 heterocycles. The van der Waals surface area contributed by atoms with E-state index >= 15 is 0 Å². The van der Waals surface area contributed by atoms with Gasteiger partial charge in [0.2, 0.25) is 0 Å². The number of aromatic nitrogens is 4. The average Bonchev–Trinajstić information content (AvgIpc) is 2.98. The Labute approximate surface area is 120 Å². The Morgan fingerprint density at radius 2 is 2.14 bits per heavy atom. The van der Waals surface area contributed by atoms with Crippen molar-refractivity contribution in [2.75, 3.05) is 0 Å². The highest BCUT2D eigenvalue weighted by Gasteiger charge is 2.11. The first-order valence-corrected chi connectivity index (χ1v) is 6.32. The number of carbonyl (C=O) groups is 1. The van der Waals surface area contributed by atoms with E-state index in [0.717, 1.165) is 16.8 Å². The number of aryl methyl sites for hydroxylation is 1. The van der Waals surface area contributed by atoms with Gasteiger partial charge in [-0.2, -0.15) is 0 Å². The minimum absolute atomic E-state index is 0.228. The minimum Gasteiger partial charge on any atom is -0.478 e. The molecule has 0 spiro atoms. The van der Waals surface area contributed by atoms with Crippen molar-refractivity contribution in [1.82, 2.24) is 20.0 Å². The molecule has 0 bridgehead atoms. The molecule has 1 aromatic carbocycles. The lowest BCUT2D eigenvalue weighted by Crippen LogP contribution is -1.97. The highest BCUT2D eigenvalue weighted by atomic mass is 16.4. The lowest BCUT2D eigenvalue weighted by atomic mass is 10.0. The molecule has 104 valence electrons. The Morgan fingerprint density at radius 1 is 1.29 bits per heavy atom. The normalized spacial score (nSPS) is 10.5. The fraction of sp³-hybridized carbons (Fsp3) is 0.0667. The van der Waals surface area contributed by atoms with Crippen LogP contribution in [0.15, 0.2) is 48.9 Å².